The van der Waals surface area contributed by atoms with Crippen molar-refractivity contribution in [2.24, 2.45) is 0 Å². The van der Waals surface area contributed by atoms with E-state index in [0.29, 0.717) is 11.5 Å². The molecule has 2 aromatic carbocycles. The van der Waals surface area contributed by atoms with Gasteiger partial charge in [0.15, 0.2) is 0 Å². The molecule has 0 unspecified atom stereocenters. The Labute approximate surface area is 160 Å². The molecule has 0 aliphatic rings. The molecule has 1 heterocycles. The van der Waals surface area contributed by atoms with Gasteiger partial charge in [-0.3, -0.25) is 0 Å². The minimum atomic E-state index is 0.0231. The van der Waals surface area contributed by atoms with Crippen LogP contribution in [-0.4, -0.2) is 9.97 Å². The van der Waals surface area contributed by atoms with Crippen LogP contribution in [-0.2, 0) is 5.41 Å². The summed E-state index contributed by atoms with van der Waals surface area (Å²) in [7, 11) is 0. The van der Waals surface area contributed by atoms with Gasteiger partial charge in [-0.15, -0.1) is 0 Å². The third-order valence-corrected chi connectivity index (χ3v) is 4.12. The number of rotatable bonds is 4. The molecule has 5 nitrogen and oxygen atoms in total. The molecule has 3 aromatic rings. The summed E-state index contributed by atoms with van der Waals surface area (Å²) in [6, 6.07) is 19.5. The third kappa shape index (κ3) is 4.62. The van der Waals surface area contributed by atoms with Crippen molar-refractivity contribution in [1.82, 2.24) is 9.97 Å². The Morgan fingerprint density at radius 1 is 0.926 bits per heavy atom. The van der Waals surface area contributed by atoms with E-state index in [9.17, 15) is 0 Å². The minimum absolute atomic E-state index is 0.0231. The zero-order chi connectivity index (χ0) is 19.4. The van der Waals surface area contributed by atoms with Crippen molar-refractivity contribution in [3.05, 3.63) is 71.4 Å². The Hall–Kier alpha value is -3.39. The van der Waals surface area contributed by atoms with Gasteiger partial charge in [0.2, 0.25) is 5.95 Å². The van der Waals surface area contributed by atoms with Crippen LogP contribution in [0.15, 0.2) is 54.6 Å². The van der Waals surface area contributed by atoms with Gasteiger partial charge >= 0.3 is 0 Å². The molecule has 0 spiro atoms. The molecular weight excluding hydrogens is 334 g/mol. The van der Waals surface area contributed by atoms with Crippen LogP contribution in [0.25, 0.3) is 0 Å². The minimum Gasteiger partial charge on any atom is -0.340 e. The van der Waals surface area contributed by atoms with Crippen molar-refractivity contribution >= 4 is 23.1 Å². The summed E-state index contributed by atoms with van der Waals surface area (Å²) in [5.74, 6) is 1.24. The van der Waals surface area contributed by atoms with E-state index in [0.717, 1.165) is 22.9 Å². The number of hydrogen-bond donors (Lipinski definition) is 2. The van der Waals surface area contributed by atoms with Crippen molar-refractivity contribution in [3.63, 3.8) is 0 Å². The molecule has 0 bridgehead atoms. The normalized spacial score (nSPS) is 10.9. The Morgan fingerprint density at radius 3 is 2.30 bits per heavy atom. The van der Waals surface area contributed by atoms with E-state index in [1.807, 2.05) is 31.2 Å². The summed E-state index contributed by atoms with van der Waals surface area (Å²) in [5.41, 5.74) is 4.59. The SMILES string of the molecule is Cc1cc(Nc2ccccc2C(C)(C)C)nc(Nc2ccc(C#N)cc2)n1. The van der Waals surface area contributed by atoms with Crippen LogP contribution in [0.5, 0.6) is 0 Å². The highest BCUT2D eigenvalue weighted by Crippen LogP contribution is 2.31. The highest BCUT2D eigenvalue weighted by Gasteiger charge is 2.17. The van der Waals surface area contributed by atoms with E-state index >= 15 is 0 Å². The first-order chi connectivity index (χ1) is 12.8. The number of hydrogen-bond acceptors (Lipinski definition) is 5. The standard InChI is InChI=1S/C22H23N5/c1-15-13-20(26-19-8-6-5-7-18(19)22(2,3)4)27-21(24-15)25-17-11-9-16(14-23)10-12-17/h5-13H,1-4H3,(H2,24,25,26,27). The van der Waals surface area contributed by atoms with Crippen molar-refractivity contribution in [1.29, 1.82) is 5.26 Å². The lowest BCUT2D eigenvalue weighted by atomic mass is 9.86. The van der Waals surface area contributed by atoms with Crippen LogP contribution >= 0.6 is 0 Å². The smallest absolute Gasteiger partial charge is 0.229 e. The molecule has 136 valence electrons. The van der Waals surface area contributed by atoms with E-state index in [-0.39, 0.29) is 5.41 Å². The molecule has 3 rings (SSSR count). The van der Waals surface area contributed by atoms with Crippen molar-refractivity contribution in [3.8, 4) is 6.07 Å². The first-order valence-corrected chi connectivity index (χ1v) is 8.84. The molecule has 0 saturated heterocycles. The monoisotopic (exact) mass is 357 g/mol. The summed E-state index contributed by atoms with van der Waals surface area (Å²) in [6.45, 7) is 8.51. The maximum Gasteiger partial charge on any atom is 0.229 e. The number of para-hydroxylation sites is 1. The van der Waals surface area contributed by atoms with Gasteiger partial charge in [-0.25, -0.2) is 4.98 Å². The number of aryl methyl sites for hydroxylation is 1. The predicted molar refractivity (Wildman–Crippen MR) is 110 cm³/mol. The fourth-order valence-corrected chi connectivity index (χ4v) is 2.83. The summed E-state index contributed by atoms with van der Waals surface area (Å²) in [5, 5.41) is 15.5. The highest BCUT2D eigenvalue weighted by atomic mass is 15.1. The molecule has 0 saturated carbocycles. The largest absolute Gasteiger partial charge is 0.340 e. The van der Waals surface area contributed by atoms with Crippen LogP contribution in [0.3, 0.4) is 0 Å². The van der Waals surface area contributed by atoms with Crippen molar-refractivity contribution < 1.29 is 0 Å². The maximum absolute atomic E-state index is 8.91. The summed E-state index contributed by atoms with van der Waals surface area (Å²) >= 11 is 0. The van der Waals surface area contributed by atoms with Crippen LogP contribution in [0.1, 0.15) is 37.6 Å². The lowest BCUT2D eigenvalue weighted by Gasteiger charge is -2.23. The molecule has 27 heavy (non-hydrogen) atoms. The molecule has 0 atom stereocenters. The lowest BCUT2D eigenvalue weighted by Crippen LogP contribution is -2.14. The Morgan fingerprint density at radius 2 is 1.63 bits per heavy atom. The van der Waals surface area contributed by atoms with Gasteiger partial charge in [-0.05, 0) is 48.2 Å². The molecule has 0 aliphatic heterocycles. The topological polar surface area (TPSA) is 73.6 Å². The molecule has 0 amide bonds. The molecule has 1 aromatic heterocycles. The van der Waals surface area contributed by atoms with Crippen LogP contribution < -0.4 is 10.6 Å². The molecule has 0 fully saturated rings. The van der Waals surface area contributed by atoms with E-state index in [1.54, 1.807) is 12.1 Å². The van der Waals surface area contributed by atoms with Gasteiger partial charge in [0.05, 0.1) is 11.6 Å². The Balaban J connectivity index is 1.87. The molecule has 0 aliphatic carbocycles. The summed E-state index contributed by atoms with van der Waals surface area (Å²) in [6.07, 6.45) is 0. The second kappa shape index (κ2) is 7.46. The number of nitriles is 1. The lowest BCUT2D eigenvalue weighted by molar-refractivity contribution is 0.592. The average Bonchev–Trinajstić information content (AvgIpc) is 2.61. The zero-order valence-corrected chi connectivity index (χ0v) is 16.0. The number of anilines is 4. The van der Waals surface area contributed by atoms with Crippen molar-refractivity contribution in [2.45, 2.75) is 33.1 Å². The number of nitrogens with one attached hydrogen (secondary N) is 2. The van der Waals surface area contributed by atoms with E-state index in [2.05, 4.69) is 65.6 Å². The van der Waals surface area contributed by atoms with Gasteiger partial charge in [0.25, 0.3) is 0 Å². The quantitative estimate of drug-likeness (QED) is 0.650. The molecule has 0 radical (unpaired) electrons. The first kappa shape index (κ1) is 18.4. The Kier molecular flexibility index (Phi) is 5.09. The fourth-order valence-electron chi connectivity index (χ4n) is 2.83. The van der Waals surface area contributed by atoms with Crippen LogP contribution in [0, 0.1) is 18.3 Å². The van der Waals surface area contributed by atoms with Gasteiger partial charge < -0.3 is 10.6 Å². The first-order valence-electron chi connectivity index (χ1n) is 8.84. The zero-order valence-electron chi connectivity index (χ0n) is 16.0. The fraction of sp³-hybridized carbons (Fsp3) is 0.227. The molecule has 2 N–H and O–H groups in total. The number of benzene rings is 2. The second-order valence-electron chi connectivity index (χ2n) is 7.45. The second-order valence-corrected chi connectivity index (χ2v) is 7.45. The third-order valence-electron chi connectivity index (χ3n) is 4.12. The highest BCUT2D eigenvalue weighted by molar-refractivity contribution is 5.64. The number of aromatic nitrogens is 2. The number of nitrogens with zero attached hydrogens (tertiary/aromatic N) is 3. The summed E-state index contributed by atoms with van der Waals surface area (Å²) < 4.78 is 0. The van der Waals surface area contributed by atoms with Crippen molar-refractivity contribution in [2.75, 3.05) is 10.6 Å². The average molecular weight is 357 g/mol. The van der Waals surface area contributed by atoms with Gasteiger partial charge in [0, 0.05) is 23.1 Å². The van der Waals surface area contributed by atoms with Gasteiger partial charge in [-0.1, -0.05) is 39.0 Å². The van der Waals surface area contributed by atoms with Crippen LogP contribution in [0.4, 0.5) is 23.1 Å². The van der Waals surface area contributed by atoms with Gasteiger partial charge in [-0.2, -0.15) is 10.2 Å². The molecule has 5 heteroatoms. The maximum atomic E-state index is 8.91. The van der Waals surface area contributed by atoms with E-state index < -0.39 is 0 Å². The van der Waals surface area contributed by atoms with E-state index in [4.69, 9.17) is 5.26 Å². The summed E-state index contributed by atoms with van der Waals surface area (Å²) in [4.78, 5) is 9.05. The predicted octanol–water partition coefficient (Wildman–Crippen LogP) is 5.44. The molecular formula is C22H23N5. The van der Waals surface area contributed by atoms with Gasteiger partial charge in [0.1, 0.15) is 5.82 Å². The van der Waals surface area contributed by atoms with Crippen LogP contribution in [0.2, 0.25) is 0 Å². The van der Waals surface area contributed by atoms with E-state index in [1.165, 1.54) is 5.56 Å². The Bertz CT molecular complexity index is 979.